The topological polar surface area (TPSA) is 134 Å². The van der Waals surface area contributed by atoms with Crippen molar-refractivity contribution in [2.45, 2.75) is 43.5 Å². The first-order valence-electron chi connectivity index (χ1n) is 8.94. The Balaban J connectivity index is 2.00. The summed E-state index contributed by atoms with van der Waals surface area (Å²) in [7, 11) is 0. The van der Waals surface area contributed by atoms with Gasteiger partial charge in [-0.25, -0.2) is 0 Å². The van der Waals surface area contributed by atoms with E-state index >= 15 is 0 Å². The fourth-order valence-electron chi connectivity index (χ4n) is 3.39. The smallest absolute Gasteiger partial charge is 0.222 e. The van der Waals surface area contributed by atoms with Crippen molar-refractivity contribution in [3.05, 3.63) is 70.3 Å². The molecular formula is C21H23NO6. The van der Waals surface area contributed by atoms with Crippen molar-refractivity contribution in [3.8, 4) is 6.07 Å². The molecule has 1 aliphatic rings. The van der Waals surface area contributed by atoms with Crippen LogP contribution in [0.2, 0.25) is 0 Å². The van der Waals surface area contributed by atoms with Gasteiger partial charge in [0.1, 0.15) is 24.4 Å². The molecule has 1 fully saturated rings. The first-order valence-corrected chi connectivity index (χ1v) is 8.94. The van der Waals surface area contributed by atoms with Crippen molar-refractivity contribution in [1.29, 1.82) is 5.26 Å². The third-order valence-corrected chi connectivity index (χ3v) is 5.12. The largest absolute Gasteiger partial charge is 0.394 e. The third-order valence-electron chi connectivity index (χ3n) is 5.12. The van der Waals surface area contributed by atoms with Crippen LogP contribution in [0.1, 0.15) is 27.8 Å². The zero-order chi connectivity index (χ0) is 20.5. The number of benzene rings is 2. The van der Waals surface area contributed by atoms with Gasteiger partial charge in [0.05, 0.1) is 18.2 Å². The Morgan fingerprint density at radius 2 is 1.75 bits per heavy atom. The maximum Gasteiger partial charge on any atom is 0.222 e. The van der Waals surface area contributed by atoms with E-state index in [1.54, 1.807) is 0 Å². The van der Waals surface area contributed by atoms with Crippen molar-refractivity contribution in [1.82, 2.24) is 0 Å². The van der Waals surface area contributed by atoms with E-state index in [1.807, 2.05) is 31.2 Å². The summed E-state index contributed by atoms with van der Waals surface area (Å²) in [4.78, 5) is 0. The summed E-state index contributed by atoms with van der Waals surface area (Å²) in [5.74, 6) is -2.35. The molecule has 28 heavy (non-hydrogen) atoms. The molecular weight excluding hydrogens is 362 g/mol. The van der Waals surface area contributed by atoms with E-state index in [1.165, 1.54) is 18.2 Å². The summed E-state index contributed by atoms with van der Waals surface area (Å²) in [6.07, 6.45) is -5.97. The van der Waals surface area contributed by atoms with Crippen molar-refractivity contribution in [3.63, 3.8) is 0 Å². The monoisotopic (exact) mass is 385 g/mol. The molecule has 5 atom stereocenters. The fraction of sp³-hybridized carbons (Fsp3) is 0.381. The first-order chi connectivity index (χ1) is 13.3. The number of nitrogens with zero attached hydrogens (tertiary/aromatic N) is 1. The van der Waals surface area contributed by atoms with Gasteiger partial charge in [-0.15, -0.1) is 0 Å². The van der Waals surface area contributed by atoms with E-state index in [0.717, 1.165) is 11.1 Å². The van der Waals surface area contributed by atoms with Crippen LogP contribution in [0, 0.1) is 18.3 Å². The zero-order valence-corrected chi connectivity index (χ0v) is 15.4. The molecule has 7 heteroatoms. The van der Waals surface area contributed by atoms with Crippen molar-refractivity contribution >= 4 is 0 Å². The van der Waals surface area contributed by atoms with Crippen LogP contribution in [-0.4, -0.2) is 56.6 Å². The molecule has 1 saturated heterocycles. The van der Waals surface area contributed by atoms with E-state index in [9.17, 15) is 30.8 Å². The Labute approximate surface area is 162 Å². The van der Waals surface area contributed by atoms with Gasteiger partial charge in [0.2, 0.25) is 5.79 Å². The number of nitriles is 1. The predicted molar refractivity (Wildman–Crippen MR) is 99.0 cm³/mol. The molecule has 7 nitrogen and oxygen atoms in total. The molecule has 1 heterocycles. The molecule has 0 amide bonds. The molecule has 0 aliphatic carbocycles. The average Bonchev–Trinajstić information content (AvgIpc) is 2.71. The quantitative estimate of drug-likeness (QED) is 0.503. The Hall–Kier alpha value is -2.31. The highest BCUT2D eigenvalue weighted by molar-refractivity contribution is 5.44. The van der Waals surface area contributed by atoms with Crippen LogP contribution in [0.5, 0.6) is 0 Å². The summed E-state index contributed by atoms with van der Waals surface area (Å²) < 4.78 is 5.36. The molecule has 148 valence electrons. The molecule has 2 aromatic carbocycles. The molecule has 0 spiro atoms. The number of ether oxygens (including phenoxy) is 1. The molecule has 3 rings (SSSR count). The van der Waals surface area contributed by atoms with Crippen LogP contribution in [-0.2, 0) is 16.9 Å². The lowest BCUT2D eigenvalue weighted by molar-refractivity contribution is -0.357. The van der Waals surface area contributed by atoms with Crippen LogP contribution in [0.15, 0.2) is 42.5 Å². The van der Waals surface area contributed by atoms with E-state index in [2.05, 4.69) is 6.07 Å². The second-order valence-electron chi connectivity index (χ2n) is 7.11. The molecule has 5 N–H and O–H groups in total. The van der Waals surface area contributed by atoms with Gasteiger partial charge in [-0.2, -0.15) is 5.26 Å². The Morgan fingerprint density at radius 3 is 2.36 bits per heavy atom. The number of hydrogen-bond donors (Lipinski definition) is 5. The van der Waals surface area contributed by atoms with Crippen molar-refractivity contribution < 1.29 is 30.3 Å². The summed E-state index contributed by atoms with van der Waals surface area (Å²) in [5, 5.41) is 60.0. The summed E-state index contributed by atoms with van der Waals surface area (Å²) in [5.41, 5.74) is 3.19. The lowest BCUT2D eigenvalue weighted by Gasteiger charge is -2.45. The SMILES string of the molecule is Cc1ccc(Cc2cc([C@@]3(O)O[C@H](CO)[C@@H](O)[C@H](O)[C@H]3O)ccc2C#N)cc1. The standard InChI is InChI=1S/C21H23NO6/c1-12-2-4-13(5-3-12)8-15-9-16(7-6-14(15)10-22)21(27)20(26)19(25)18(24)17(11-23)28-21/h2-7,9,17-20,23-27H,8,11H2,1H3/t17-,18-,19+,20-,21-/m1/s1. The number of aliphatic hydroxyl groups excluding tert-OH is 4. The van der Waals surface area contributed by atoms with Crippen LogP contribution in [0.25, 0.3) is 0 Å². The number of hydrogen-bond acceptors (Lipinski definition) is 7. The molecule has 2 aromatic rings. The van der Waals surface area contributed by atoms with Gasteiger partial charge in [-0.05, 0) is 36.6 Å². The predicted octanol–water partition coefficient (Wildman–Crippen LogP) is 0.0764. The number of aliphatic hydroxyl groups is 5. The Bertz CT molecular complexity index is 875. The fourth-order valence-corrected chi connectivity index (χ4v) is 3.39. The van der Waals surface area contributed by atoms with Gasteiger partial charge in [0.15, 0.2) is 0 Å². The minimum Gasteiger partial charge on any atom is -0.394 e. The maximum atomic E-state index is 11.0. The summed E-state index contributed by atoms with van der Waals surface area (Å²) in [6, 6.07) is 14.3. The second-order valence-corrected chi connectivity index (χ2v) is 7.11. The van der Waals surface area contributed by atoms with Crippen LogP contribution < -0.4 is 0 Å². The van der Waals surface area contributed by atoms with Gasteiger partial charge in [-0.3, -0.25) is 0 Å². The van der Waals surface area contributed by atoms with Gasteiger partial charge >= 0.3 is 0 Å². The summed E-state index contributed by atoms with van der Waals surface area (Å²) in [6.45, 7) is 1.32. The number of aryl methyl sites for hydroxylation is 1. The normalized spacial score (nSPS) is 30.0. The minimum absolute atomic E-state index is 0.116. The van der Waals surface area contributed by atoms with Crippen LogP contribution >= 0.6 is 0 Å². The van der Waals surface area contributed by atoms with Crippen LogP contribution in [0.4, 0.5) is 0 Å². The lowest BCUT2D eigenvalue weighted by Crippen LogP contribution is -2.63. The molecule has 1 aliphatic heterocycles. The highest BCUT2D eigenvalue weighted by atomic mass is 16.7. The minimum atomic E-state index is -2.35. The summed E-state index contributed by atoms with van der Waals surface area (Å²) >= 11 is 0. The maximum absolute atomic E-state index is 11.0. The molecule has 0 bridgehead atoms. The highest BCUT2D eigenvalue weighted by Gasteiger charge is 2.53. The van der Waals surface area contributed by atoms with Crippen molar-refractivity contribution in [2.24, 2.45) is 0 Å². The second kappa shape index (κ2) is 7.97. The van der Waals surface area contributed by atoms with Crippen LogP contribution in [0.3, 0.4) is 0 Å². The van der Waals surface area contributed by atoms with Gasteiger partial charge in [0.25, 0.3) is 0 Å². The van der Waals surface area contributed by atoms with E-state index in [-0.39, 0.29) is 5.56 Å². The first kappa shape index (κ1) is 20.4. The van der Waals surface area contributed by atoms with E-state index in [4.69, 9.17) is 4.74 Å². The highest BCUT2D eigenvalue weighted by Crippen LogP contribution is 2.37. The average molecular weight is 385 g/mol. The molecule has 0 aromatic heterocycles. The third kappa shape index (κ3) is 3.66. The van der Waals surface area contributed by atoms with Gasteiger partial charge < -0.3 is 30.3 Å². The molecule has 0 radical (unpaired) electrons. The number of rotatable bonds is 4. The molecule has 0 saturated carbocycles. The van der Waals surface area contributed by atoms with E-state index < -0.39 is 36.8 Å². The van der Waals surface area contributed by atoms with E-state index in [0.29, 0.717) is 17.5 Å². The Morgan fingerprint density at radius 1 is 1.07 bits per heavy atom. The lowest BCUT2D eigenvalue weighted by atomic mass is 9.86. The molecule has 0 unspecified atom stereocenters. The van der Waals surface area contributed by atoms with Gasteiger partial charge in [0, 0.05) is 5.56 Å². The Kier molecular flexibility index (Phi) is 5.82. The van der Waals surface area contributed by atoms with Crippen molar-refractivity contribution in [2.75, 3.05) is 6.61 Å². The van der Waals surface area contributed by atoms with Gasteiger partial charge in [-0.1, -0.05) is 35.9 Å². The zero-order valence-electron chi connectivity index (χ0n) is 15.4.